The van der Waals surface area contributed by atoms with Crippen molar-refractivity contribution >= 4 is 0 Å². The third-order valence-corrected chi connectivity index (χ3v) is 2.14. The zero-order valence-corrected chi connectivity index (χ0v) is 9.78. The smallest absolute Gasteiger partial charge is 0.170 e. The third kappa shape index (κ3) is 7.23. The molecule has 0 spiro atoms. The summed E-state index contributed by atoms with van der Waals surface area (Å²) in [6.07, 6.45) is 0.743. The maximum Gasteiger partial charge on any atom is 0.394 e. The summed E-state index contributed by atoms with van der Waals surface area (Å²) in [5, 5.41) is 0. The number of alkyl halides is 3. The van der Waals surface area contributed by atoms with Gasteiger partial charge in [0.15, 0.2) is 0 Å². The van der Waals surface area contributed by atoms with Crippen LogP contribution < -0.4 is 0 Å². The molecule has 0 saturated heterocycles. The molecule has 15 heavy (non-hydrogen) atoms. The van der Waals surface area contributed by atoms with Crippen LogP contribution >= 0.6 is 0 Å². The summed E-state index contributed by atoms with van der Waals surface area (Å²) in [7, 11) is 0. The van der Waals surface area contributed by atoms with Crippen molar-refractivity contribution in [2.45, 2.75) is 46.7 Å². The van der Waals surface area contributed by atoms with Crippen LogP contribution in [-0.4, -0.2) is 6.18 Å². The summed E-state index contributed by atoms with van der Waals surface area (Å²) < 4.78 is 36.6. The van der Waals surface area contributed by atoms with Crippen LogP contribution in [0.4, 0.5) is 13.2 Å². The average Bonchev–Trinajstić information content (AvgIpc) is 2.01. The van der Waals surface area contributed by atoms with Crippen LogP contribution in [0.3, 0.4) is 0 Å². The summed E-state index contributed by atoms with van der Waals surface area (Å²) in [6.45, 7) is 6.90. The average molecular weight is 220 g/mol. The first-order valence-corrected chi connectivity index (χ1v) is 5.11. The Bertz CT molecular complexity index is 242. The molecule has 0 heterocycles. The molecule has 1 unspecified atom stereocenters. The predicted octanol–water partition coefficient (Wildman–Crippen LogP) is 4.88. The molecule has 0 amide bonds. The monoisotopic (exact) mass is 220 g/mol. The Morgan fingerprint density at radius 2 is 1.73 bits per heavy atom. The van der Waals surface area contributed by atoms with E-state index in [1.807, 2.05) is 19.9 Å². The number of halogens is 3. The highest BCUT2D eigenvalue weighted by molar-refractivity contribution is 5.04. The largest absolute Gasteiger partial charge is 0.394 e. The van der Waals surface area contributed by atoms with Gasteiger partial charge in [-0.2, -0.15) is 13.2 Å². The molecule has 1 atom stereocenters. The Balaban J connectivity index is 4.15. The number of hydrogen-bond acceptors (Lipinski definition) is 0. The first-order valence-electron chi connectivity index (χ1n) is 5.11. The lowest BCUT2D eigenvalue weighted by atomic mass is 10.0. The van der Waals surface area contributed by atoms with E-state index in [0.29, 0.717) is 6.42 Å². The van der Waals surface area contributed by atoms with Gasteiger partial charge in [-0.25, -0.2) is 0 Å². The van der Waals surface area contributed by atoms with Crippen molar-refractivity contribution in [3.05, 3.63) is 23.3 Å². The van der Waals surface area contributed by atoms with Gasteiger partial charge in [-0.3, -0.25) is 0 Å². The van der Waals surface area contributed by atoms with Crippen molar-refractivity contribution in [1.82, 2.24) is 0 Å². The van der Waals surface area contributed by atoms with E-state index in [4.69, 9.17) is 0 Å². The fourth-order valence-corrected chi connectivity index (χ4v) is 1.19. The highest BCUT2D eigenvalue weighted by Gasteiger charge is 2.34. The molecule has 0 bridgehead atoms. The maximum absolute atomic E-state index is 12.2. The Hall–Kier alpha value is -0.730. The van der Waals surface area contributed by atoms with Crippen molar-refractivity contribution in [2.24, 2.45) is 5.92 Å². The first-order chi connectivity index (χ1) is 6.73. The molecule has 88 valence electrons. The molecule has 0 aromatic carbocycles. The quantitative estimate of drug-likeness (QED) is 0.592. The molecule has 0 aromatic rings. The van der Waals surface area contributed by atoms with Crippen molar-refractivity contribution in [1.29, 1.82) is 0 Å². The summed E-state index contributed by atoms with van der Waals surface area (Å²) >= 11 is 0. The molecule has 0 aliphatic heterocycles. The Morgan fingerprint density at radius 3 is 2.13 bits per heavy atom. The van der Waals surface area contributed by atoms with Gasteiger partial charge >= 0.3 is 6.18 Å². The summed E-state index contributed by atoms with van der Waals surface area (Å²) in [6, 6.07) is 0. The summed E-state index contributed by atoms with van der Waals surface area (Å²) in [5.41, 5.74) is 2.00. The fourth-order valence-electron chi connectivity index (χ4n) is 1.19. The van der Waals surface area contributed by atoms with E-state index >= 15 is 0 Å². The molecule has 0 rings (SSSR count). The molecule has 0 aromatic heterocycles. The summed E-state index contributed by atoms with van der Waals surface area (Å²) in [4.78, 5) is 0. The highest BCUT2D eigenvalue weighted by atomic mass is 19.4. The van der Waals surface area contributed by atoms with E-state index in [-0.39, 0.29) is 0 Å². The van der Waals surface area contributed by atoms with Crippen LogP contribution in [0, 0.1) is 5.92 Å². The second kappa shape index (κ2) is 5.99. The Kier molecular flexibility index (Phi) is 5.69. The van der Waals surface area contributed by atoms with Gasteiger partial charge in [0.1, 0.15) is 0 Å². The highest BCUT2D eigenvalue weighted by Crippen LogP contribution is 2.28. The van der Waals surface area contributed by atoms with E-state index in [2.05, 4.69) is 0 Å². The minimum Gasteiger partial charge on any atom is -0.170 e. The van der Waals surface area contributed by atoms with Crippen molar-refractivity contribution < 1.29 is 13.2 Å². The molecule has 0 radical (unpaired) electrons. The van der Waals surface area contributed by atoms with Gasteiger partial charge in [-0.1, -0.05) is 30.2 Å². The van der Waals surface area contributed by atoms with Gasteiger partial charge in [-0.05, 0) is 33.6 Å². The lowest BCUT2D eigenvalue weighted by molar-refractivity contribution is -0.156. The molecule has 3 heteroatoms. The zero-order chi connectivity index (χ0) is 12.1. The van der Waals surface area contributed by atoms with Gasteiger partial charge in [0.2, 0.25) is 0 Å². The maximum atomic E-state index is 12.2. The zero-order valence-electron chi connectivity index (χ0n) is 9.78. The Labute approximate surface area is 89.9 Å². The van der Waals surface area contributed by atoms with Gasteiger partial charge in [-0.15, -0.1) is 0 Å². The van der Waals surface area contributed by atoms with Crippen LogP contribution in [0.15, 0.2) is 23.3 Å². The third-order valence-electron chi connectivity index (χ3n) is 2.14. The van der Waals surface area contributed by atoms with Gasteiger partial charge < -0.3 is 0 Å². The standard InChI is InChI=1S/C12H19F3/c1-9(2)6-5-7-10(3)8-11(4)12(13,14)15/h6,8,11H,5,7H2,1-4H3/b10-8+. The van der Waals surface area contributed by atoms with E-state index < -0.39 is 12.1 Å². The van der Waals surface area contributed by atoms with Crippen molar-refractivity contribution in [2.75, 3.05) is 0 Å². The number of hydrogen-bond donors (Lipinski definition) is 0. The van der Waals surface area contributed by atoms with Crippen LogP contribution in [0.25, 0.3) is 0 Å². The van der Waals surface area contributed by atoms with Crippen molar-refractivity contribution in [3.8, 4) is 0 Å². The molecule has 0 aliphatic carbocycles. The lowest BCUT2D eigenvalue weighted by Crippen LogP contribution is -2.17. The van der Waals surface area contributed by atoms with E-state index in [1.54, 1.807) is 6.92 Å². The topological polar surface area (TPSA) is 0 Å². The first kappa shape index (κ1) is 14.3. The molecular weight excluding hydrogens is 201 g/mol. The fraction of sp³-hybridized carbons (Fsp3) is 0.667. The lowest BCUT2D eigenvalue weighted by Gasteiger charge is -2.12. The molecule has 0 nitrogen and oxygen atoms in total. The SMILES string of the molecule is CC(C)=CCC/C(C)=C/C(C)C(F)(F)F. The molecule has 0 saturated carbocycles. The summed E-state index contributed by atoms with van der Waals surface area (Å²) in [5.74, 6) is -1.34. The molecule has 0 fully saturated rings. The molecule has 0 N–H and O–H groups in total. The molecule has 0 aliphatic rings. The van der Waals surface area contributed by atoms with Gasteiger partial charge in [0.25, 0.3) is 0 Å². The van der Waals surface area contributed by atoms with E-state index in [9.17, 15) is 13.2 Å². The predicted molar refractivity (Wildman–Crippen MR) is 57.6 cm³/mol. The van der Waals surface area contributed by atoms with Gasteiger partial charge in [0, 0.05) is 0 Å². The van der Waals surface area contributed by atoms with Crippen LogP contribution in [0.2, 0.25) is 0 Å². The number of rotatable bonds is 4. The van der Waals surface area contributed by atoms with E-state index in [1.165, 1.54) is 18.6 Å². The van der Waals surface area contributed by atoms with Crippen LogP contribution in [0.1, 0.15) is 40.5 Å². The van der Waals surface area contributed by atoms with Gasteiger partial charge in [0.05, 0.1) is 5.92 Å². The number of allylic oxidation sites excluding steroid dienone is 4. The minimum atomic E-state index is -4.11. The van der Waals surface area contributed by atoms with E-state index in [0.717, 1.165) is 12.0 Å². The second-order valence-electron chi connectivity index (χ2n) is 4.16. The van der Waals surface area contributed by atoms with Crippen LogP contribution in [0.5, 0.6) is 0 Å². The minimum absolute atomic E-state index is 0.700. The second-order valence-corrected chi connectivity index (χ2v) is 4.16. The van der Waals surface area contributed by atoms with Crippen molar-refractivity contribution in [3.63, 3.8) is 0 Å². The van der Waals surface area contributed by atoms with Crippen LogP contribution in [-0.2, 0) is 0 Å². The Morgan fingerprint density at radius 1 is 1.20 bits per heavy atom. The molecular formula is C12H19F3. The normalized spacial score (nSPS) is 15.0.